The number of Topliss-reactive ketones (excluding diaryl/α,β-unsaturated/α-hetero) is 1. The lowest BCUT2D eigenvalue weighted by Gasteiger charge is -2.60. The smallest absolute Gasteiger partial charge is 0.328 e. The molecule has 0 saturated heterocycles. The molecule has 0 aliphatic heterocycles. The van der Waals surface area contributed by atoms with Crippen LogP contribution in [-0.2, 0) is 39.9 Å². The van der Waals surface area contributed by atoms with Gasteiger partial charge >= 0.3 is 11.9 Å². The number of ether oxygens (including phenoxy) is 2. The molecule has 11 heteroatoms. The van der Waals surface area contributed by atoms with Gasteiger partial charge in [0.05, 0.1) is 19.6 Å². The summed E-state index contributed by atoms with van der Waals surface area (Å²) in [4.78, 5) is 63.0. The van der Waals surface area contributed by atoms with E-state index in [0.717, 1.165) is 18.4 Å². The number of benzene rings is 1. The lowest BCUT2D eigenvalue weighted by Crippen LogP contribution is -2.62. The number of aliphatic hydroxyl groups excluding tert-OH is 1. The van der Waals surface area contributed by atoms with Crippen LogP contribution in [0.4, 0.5) is 0 Å². The highest BCUT2D eigenvalue weighted by atomic mass is 16.5. The molecule has 1 aromatic carbocycles. The summed E-state index contributed by atoms with van der Waals surface area (Å²) in [6, 6.07) is 5.14. The second-order valence-corrected chi connectivity index (χ2v) is 14.1. The number of carbonyl (C=O) groups excluding carboxylic acids is 5. The molecule has 4 N–H and O–H groups in total. The van der Waals surface area contributed by atoms with Crippen LogP contribution in [0.15, 0.2) is 35.9 Å². The van der Waals surface area contributed by atoms with Gasteiger partial charge in [0.25, 0.3) is 0 Å². The van der Waals surface area contributed by atoms with Gasteiger partial charge in [0.1, 0.15) is 17.4 Å². The maximum absolute atomic E-state index is 13.5. The number of ketones is 2. The monoisotopic (exact) mass is 639 g/mol. The zero-order chi connectivity index (χ0) is 33.4. The number of allylic oxidation sites excluding steroid dienone is 1. The van der Waals surface area contributed by atoms with Gasteiger partial charge in [-0.2, -0.15) is 0 Å². The molecule has 8 atom stereocenters. The van der Waals surface area contributed by atoms with Crippen LogP contribution in [-0.4, -0.2) is 76.2 Å². The number of rotatable bonds is 10. The maximum atomic E-state index is 13.5. The molecule has 3 saturated carbocycles. The first-order chi connectivity index (χ1) is 21.7. The molecule has 46 heavy (non-hydrogen) atoms. The number of carbonyl (C=O) groups is 5. The Morgan fingerprint density at radius 2 is 1.76 bits per heavy atom. The summed E-state index contributed by atoms with van der Waals surface area (Å²) in [7, 11) is 1.20. The number of amides is 1. The van der Waals surface area contributed by atoms with Crippen molar-refractivity contribution in [3.8, 4) is 5.75 Å². The van der Waals surface area contributed by atoms with E-state index in [9.17, 15) is 39.3 Å². The number of nitrogens with one attached hydrogen (secondary N) is 1. The summed E-state index contributed by atoms with van der Waals surface area (Å²) in [5, 5.41) is 35.4. The highest BCUT2D eigenvalue weighted by molar-refractivity contribution is 5.92. The van der Waals surface area contributed by atoms with Crippen LogP contribution in [0.3, 0.4) is 0 Å². The molecule has 5 rings (SSSR count). The number of phenols is 1. The number of fused-ring (bicyclic) bond motifs is 5. The second-order valence-electron chi connectivity index (χ2n) is 14.1. The lowest BCUT2D eigenvalue weighted by molar-refractivity contribution is -0.184. The van der Waals surface area contributed by atoms with Gasteiger partial charge in [0.2, 0.25) is 11.7 Å². The molecule has 0 radical (unpaired) electrons. The molecule has 1 amide bonds. The zero-order valence-electron chi connectivity index (χ0n) is 26.8. The minimum atomic E-state index is -1.78. The Morgan fingerprint density at radius 3 is 2.46 bits per heavy atom. The van der Waals surface area contributed by atoms with E-state index in [1.54, 1.807) is 18.2 Å². The van der Waals surface area contributed by atoms with E-state index >= 15 is 0 Å². The Hall–Kier alpha value is -3.57. The molecule has 250 valence electrons. The minimum absolute atomic E-state index is 0.00502. The number of hydrogen-bond acceptors (Lipinski definition) is 10. The van der Waals surface area contributed by atoms with Crippen LogP contribution in [0.25, 0.3) is 0 Å². The van der Waals surface area contributed by atoms with Crippen molar-refractivity contribution in [2.24, 2.45) is 28.6 Å². The third-order valence-electron chi connectivity index (χ3n) is 11.6. The first-order valence-electron chi connectivity index (χ1n) is 16.2. The number of phenolic OH excluding ortho intramolecular Hbond substituents is 1. The fourth-order valence-corrected chi connectivity index (χ4v) is 9.17. The van der Waals surface area contributed by atoms with Gasteiger partial charge < -0.3 is 30.1 Å². The van der Waals surface area contributed by atoms with Crippen LogP contribution in [0.1, 0.15) is 77.2 Å². The van der Waals surface area contributed by atoms with Crippen molar-refractivity contribution in [2.75, 3.05) is 13.7 Å². The summed E-state index contributed by atoms with van der Waals surface area (Å²) in [5.41, 5.74) is -1.18. The fraction of sp³-hybridized carbons (Fsp3) is 0.629. The van der Waals surface area contributed by atoms with E-state index in [0.29, 0.717) is 24.8 Å². The molecule has 0 aromatic heterocycles. The number of esters is 2. The first kappa shape index (κ1) is 33.8. The summed E-state index contributed by atoms with van der Waals surface area (Å²) in [5.74, 6) is -2.45. The molecule has 3 fully saturated rings. The van der Waals surface area contributed by atoms with E-state index in [2.05, 4.69) is 12.2 Å². The summed E-state index contributed by atoms with van der Waals surface area (Å²) < 4.78 is 10.0. The van der Waals surface area contributed by atoms with E-state index < -0.39 is 53.4 Å². The Labute approximate surface area is 268 Å². The molecule has 4 aliphatic rings. The predicted octanol–water partition coefficient (Wildman–Crippen LogP) is 2.72. The third kappa shape index (κ3) is 6.11. The largest absolute Gasteiger partial charge is 0.508 e. The maximum Gasteiger partial charge on any atom is 0.328 e. The van der Waals surface area contributed by atoms with Gasteiger partial charge in [-0.1, -0.05) is 31.6 Å². The minimum Gasteiger partial charge on any atom is -0.508 e. The highest BCUT2D eigenvalue weighted by Crippen LogP contribution is 2.67. The van der Waals surface area contributed by atoms with Gasteiger partial charge in [0, 0.05) is 24.7 Å². The lowest BCUT2D eigenvalue weighted by atomic mass is 9.45. The SMILES string of the molecule is COC(=O)[C@H](Cc1ccc(O)cc1)NC(=O)CCC(=O)OCC(=O)[C@@]1(O)CC[C@H]2[C@@H]3CCC4=CC(=O)CC[C@]4(C)[C@H]3[C@H](O)C[C@@]21C. The Morgan fingerprint density at radius 1 is 1.04 bits per heavy atom. The van der Waals surface area contributed by atoms with E-state index in [4.69, 9.17) is 9.47 Å². The number of hydrogen-bond donors (Lipinski definition) is 4. The average Bonchev–Trinajstić information content (AvgIpc) is 3.29. The molecular formula is C35H45NO10. The summed E-state index contributed by atoms with van der Waals surface area (Å²) in [6.45, 7) is 3.36. The van der Waals surface area contributed by atoms with Gasteiger partial charge in [-0.05, 0) is 85.5 Å². The van der Waals surface area contributed by atoms with Crippen molar-refractivity contribution >= 4 is 29.4 Å². The van der Waals surface area contributed by atoms with Crippen molar-refractivity contribution in [1.29, 1.82) is 0 Å². The predicted molar refractivity (Wildman–Crippen MR) is 164 cm³/mol. The fourth-order valence-electron chi connectivity index (χ4n) is 9.17. The molecule has 0 unspecified atom stereocenters. The quantitative estimate of drug-likeness (QED) is 0.279. The molecular weight excluding hydrogens is 594 g/mol. The number of aliphatic hydroxyl groups is 2. The Bertz CT molecular complexity index is 1420. The Kier molecular flexibility index (Phi) is 9.48. The topological polar surface area (TPSA) is 177 Å². The van der Waals surface area contributed by atoms with Crippen molar-refractivity contribution in [1.82, 2.24) is 5.32 Å². The molecule has 4 aliphatic carbocycles. The van der Waals surface area contributed by atoms with Gasteiger partial charge in [-0.3, -0.25) is 19.2 Å². The van der Waals surface area contributed by atoms with Gasteiger partial charge in [-0.15, -0.1) is 0 Å². The normalized spacial score (nSPS) is 33.8. The number of methoxy groups -OCH3 is 1. The van der Waals surface area contributed by atoms with Crippen LogP contribution >= 0.6 is 0 Å². The molecule has 0 heterocycles. The Balaban J connectivity index is 1.16. The third-order valence-corrected chi connectivity index (χ3v) is 11.6. The van der Waals surface area contributed by atoms with Gasteiger partial charge in [0.15, 0.2) is 12.4 Å². The van der Waals surface area contributed by atoms with Crippen LogP contribution < -0.4 is 5.32 Å². The van der Waals surface area contributed by atoms with E-state index in [1.165, 1.54) is 19.2 Å². The van der Waals surface area contributed by atoms with Crippen molar-refractivity contribution in [3.63, 3.8) is 0 Å². The average molecular weight is 640 g/mol. The van der Waals surface area contributed by atoms with Crippen LogP contribution in [0.2, 0.25) is 0 Å². The standard InChI is InChI=1S/C35H45NO10/c1-33-14-12-23(38)17-21(33)6-9-24-25-13-15-35(44,34(25,2)18-27(39)31(24)33)28(40)19-46-30(42)11-10-29(41)36-26(32(43)45-3)16-20-4-7-22(37)8-5-20/h4-5,7-8,17,24-27,31,37,39,44H,6,9-16,18-19H2,1-3H3,(H,36,41)/t24-,25-,26-,27+,31+,33-,34-,35-/m0/s1. The molecule has 0 spiro atoms. The summed E-state index contributed by atoms with van der Waals surface area (Å²) in [6.07, 6.45) is 4.23. The first-order valence-corrected chi connectivity index (χ1v) is 16.2. The highest BCUT2D eigenvalue weighted by Gasteiger charge is 2.68. The van der Waals surface area contributed by atoms with Crippen molar-refractivity contribution in [3.05, 3.63) is 41.5 Å². The number of aromatic hydroxyl groups is 1. The molecule has 11 nitrogen and oxygen atoms in total. The van der Waals surface area contributed by atoms with Crippen molar-refractivity contribution in [2.45, 2.75) is 95.8 Å². The summed E-state index contributed by atoms with van der Waals surface area (Å²) >= 11 is 0. The van der Waals surface area contributed by atoms with Crippen LogP contribution in [0.5, 0.6) is 5.75 Å². The van der Waals surface area contributed by atoms with Crippen molar-refractivity contribution < 1.29 is 48.8 Å². The van der Waals surface area contributed by atoms with Gasteiger partial charge in [-0.25, -0.2) is 4.79 Å². The zero-order valence-corrected chi connectivity index (χ0v) is 26.8. The molecule has 0 bridgehead atoms. The van der Waals surface area contributed by atoms with E-state index in [1.807, 2.05) is 6.92 Å². The second kappa shape index (κ2) is 12.9. The molecule has 1 aromatic rings. The van der Waals surface area contributed by atoms with E-state index in [-0.39, 0.29) is 66.8 Å². The van der Waals surface area contributed by atoms with Crippen LogP contribution in [0, 0.1) is 28.6 Å².